The maximum atomic E-state index is 13.9. The summed E-state index contributed by atoms with van der Waals surface area (Å²) in [6.07, 6.45) is 0. The zero-order valence-electron chi connectivity index (χ0n) is 11.1. The number of hydrogen-bond acceptors (Lipinski definition) is 2. The molecular weight excluding hydrogens is 342 g/mol. The third kappa shape index (κ3) is 2.88. The van der Waals surface area contributed by atoms with Gasteiger partial charge in [-0.25, -0.2) is 8.78 Å². The van der Waals surface area contributed by atoms with E-state index in [1.54, 1.807) is 0 Å². The maximum absolute atomic E-state index is 13.9. The Morgan fingerprint density at radius 2 is 1.90 bits per heavy atom. The van der Waals surface area contributed by atoms with Crippen molar-refractivity contribution in [3.63, 3.8) is 0 Å². The van der Waals surface area contributed by atoms with Crippen molar-refractivity contribution >= 4 is 15.9 Å². The van der Waals surface area contributed by atoms with E-state index in [2.05, 4.69) is 15.9 Å². The van der Waals surface area contributed by atoms with Gasteiger partial charge in [-0.05, 0) is 23.8 Å². The zero-order chi connectivity index (χ0) is 14.8. The molecule has 0 radical (unpaired) electrons. The summed E-state index contributed by atoms with van der Waals surface area (Å²) < 4.78 is 38.6. The molecule has 2 aromatic carbocycles. The Balaban J connectivity index is 1.75. The number of rotatable bonds is 4. The zero-order valence-corrected chi connectivity index (χ0v) is 12.7. The van der Waals surface area contributed by atoms with Crippen LogP contribution in [0.5, 0.6) is 11.5 Å². The molecule has 1 heterocycles. The minimum Gasteiger partial charge on any atom is -0.493 e. The standard InChI is InChI=1S/C16H13BrF2O2/c17-7-10-5-13(18)16(14(19)6-10)21-9-11-8-20-15-4-2-1-3-12(11)15/h1-6,11H,7-9H2. The second-order valence-corrected chi connectivity index (χ2v) is 5.44. The van der Waals surface area contributed by atoms with E-state index < -0.39 is 11.6 Å². The normalized spacial score (nSPS) is 16.4. The van der Waals surface area contributed by atoms with E-state index in [9.17, 15) is 8.78 Å². The molecule has 0 saturated heterocycles. The average Bonchev–Trinajstić information content (AvgIpc) is 2.89. The van der Waals surface area contributed by atoms with Crippen LogP contribution in [0.2, 0.25) is 0 Å². The second kappa shape index (κ2) is 6.02. The fourth-order valence-corrected chi connectivity index (χ4v) is 2.70. The third-order valence-electron chi connectivity index (χ3n) is 3.44. The monoisotopic (exact) mass is 354 g/mol. The number of halogens is 3. The van der Waals surface area contributed by atoms with E-state index in [0.717, 1.165) is 11.3 Å². The van der Waals surface area contributed by atoms with Gasteiger partial charge < -0.3 is 9.47 Å². The first kappa shape index (κ1) is 14.3. The Hall–Kier alpha value is -1.62. The summed E-state index contributed by atoms with van der Waals surface area (Å²) in [5, 5.41) is 0.394. The molecule has 1 aliphatic heterocycles. The molecule has 2 nitrogen and oxygen atoms in total. The van der Waals surface area contributed by atoms with Crippen molar-refractivity contribution in [1.82, 2.24) is 0 Å². The largest absolute Gasteiger partial charge is 0.493 e. The van der Waals surface area contributed by atoms with Gasteiger partial charge in [-0.3, -0.25) is 0 Å². The molecule has 3 rings (SSSR count). The number of benzene rings is 2. The first-order valence-corrected chi connectivity index (χ1v) is 7.69. The quantitative estimate of drug-likeness (QED) is 0.757. The molecule has 110 valence electrons. The van der Waals surface area contributed by atoms with Crippen LogP contribution in [0.4, 0.5) is 8.78 Å². The summed E-state index contributed by atoms with van der Waals surface area (Å²) in [4.78, 5) is 0. The van der Waals surface area contributed by atoms with Crippen LogP contribution < -0.4 is 9.47 Å². The van der Waals surface area contributed by atoms with Crippen LogP contribution in [0, 0.1) is 11.6 Å². The first-order valence-electron chi connectivity index (χ1n) is 6.57. The van der Waals surface area contributed by atoms with Gasteiger partial charge in [0.1, 0.15) is 5.75 Å². The minimum atomic E-state index is -0.684. The number of para-hydroxylation sites is 1. The van der Waals surface area contributed by atoms with Crippen molar-refractivity contribution in [3.05, 3.63) is 59.2 Å². The number of ether oxygens (including phenoxy) is 2. The SMILES string of the molecule is Fc1cc(CBr)cc(F)c1OCC1COc2ccccc21. The molecular formula is C16H13BrF2O2. The van der Waals surface area contributed by atoms with Crippen LogP contribution in [-0.4, -0.2) is 13.2 Å². The Kier molecular flexibility index (Phi) is 4.10. The van der Waals surface area contributed by atoms with Gasteiger partial charge in [-0.1, -0.05) is 34.1 Å². The molecule has 0 amide bonds. The Bertz CT molecular complexity index is 637. The van der Waals surface area contributed by atoms with Gasteiger partial charge >= 0.3 is 0 Å². The number of fused-ring (bicyclic) bond motifs is 1. The van der Waals surface area contributed by atoms with Gasteiger partial charge in [0.15, 0.2) is 17.4 Å². The van der Waals surface area contributed by atoms with Gasteiger partial charge in [-0.15, -0.1) is 0 Å². The van der Waals surface area contributed by atoms with Crippen molar-refractivity contribution in [3.8, 4) is 11.5 Å². The summed E-state index contributed by atoms with van der Waals surface area (Å²) in [5.74, 6) is -0.907. The van der Waals surface area contributed by atoms with E-state index in [1.807, 2.05) is 24.3 Å². The number of hydrogen-bond donors (Lipinski definition) is 0. The average molecular weight is 355 g/mol. The highest BCUT2D eigenvalue weighted by molar-refractivity contribution is 9.08. The fraction of sp³-hybridized carbons (Fsp3) is 0.250. The number of alkyl halides is 1. The van der Waals surface area contributed by atoms with Gasteiger partial charge in [0.05, 0.1) is 19.1 Å². The van der Waals surface area contributed by atoms with E-state index >= 15 is 0 Å². The van der Waals surface area contributed by atoms with Gasteiger partial charge in [0, 0.05) is 10.9 Å². The predicted octanol–water partition coefficient (Wildman–Crippen LogP) is 4.41. The molecule has 0 bridgehead atoms. The molecule has 0 aliphatic carbocycles. The van der Waals surface area contributed by atoms with Crippen molar-refractivity contribution in [2.24, 2.45) is 0 Å². The van der Waals surface area contributed by atoms with Crippen LogP contribution in [-0.2, 0) is 5.33 Å². The van der Waals surface area contributed by atoms with Crippen molar-refractivity contribution in [2.75, 3.05) is 13.2 Å². The lowest BCUT2D eigenvalue weighted by molar-refractivity contribution is 0.232. The molecule has 1 unspecified atom stereocenters. The summed E-state index contributed by atoms with van der Waals surface area (Å²) in [7, 11) is 0. The Labute approximate surface area is 129 Å². The van der Waals surface area contributed by atoms with Gasteiger partial charge in [-0.2, -0.15) is 0 Å². The van der Waals surface area contributed by atoms with Crippen molar-refractivity contribution in [1.29, 1.82) is 0 Å². The molecule has 5 heteroatoms. The summed E-state index contributed by atoms with van der Waals surface area (Å²) in [6, 6.07) is 10.2. The summed E-state index contributed by atoms with van der Waals surface area (Å²) >= 11 is 3.17. The Morgan fingerprint density at radius 3 is 2.62 bits per heavy atom. The van der Waals surface area contributed by atoms with Crippen molar-refractivity contribution in [2.45, 2.75) is 11.2 Å². The molecule has 0 saturated carbocycles. The lowest BCUT2D eigenvalue weighted by atomic mass is 10.0. The molecule has 0 fully saturated rings. The maximum Gasteiger partial charge on any atom is 0.190 e. The molecule has 21 heavy (non-hydrogen) atoms. The molecule has 2 aromatic rings. The van der Waals surface area contributed by atoms with E-state index in [-0.39, 0.29) is 18.3 Å². The lowest BCUT2D eigenvalue weighted by Crippen LogP contribution is -2.13. The van der Waals surface area contributed by atoms with Crippen molar-refractivity contribution < 1.29 is 18.3 Å². The Morgan fingerprint density at radius 1 is 1.19 bits per heavy atom. The summed E-state index contributed by atoms with van der Waals surface area (Å²) in [6.45, 7) is 0.639. The first-order chi connectivity index (χ1) is 10.2. The molecule has 0 spiro atoms. The van der Waals surface area contributed by atoms with Gasteiger partial charge in [0.25, 0.3) is 0 Å². The summed E-state index contributed by atoms with van der Waals surface area (Å²) in [5.41, 5.74) is 1.54. The van der Waals surface area contributed by atoms with E-state index in [1.165, 1.54) is 12.1 Å². The van der Waals surface area contributed by atoms with Crippen LogP contribution >= 0.6 is 15.9 Å². The highest BCUT2D eigenvalue weighted by Gasteiger charge is 2.25. The van der Waals surface area contributed by atoms with E-state index in [0.29, 0.717) is 17.5 Å². The topological polar surface area (TPSA) is 18.5 Å². The lowest BCUT2D eigenvalue weighted by Gasteiger charge is -2.13. The third-order valence-corrected chi connectivity index (χ3v) is 4.09. The molecule has 1 atom stereocenters. The highest BCUT2D eigenvalue weighted by Crippen LogP contribution is 2.34. The highest BCUT2D eigenvalue weighted by atomic mass is 79.9. The minimum absolute atomic E-state index is 0.0177. The fourth-order valence-electron chi connectivity index (χ4n) is 2.38. The van der Waals surface area contributed by atoms with Crippen LogP contribution in [0.15, 0.2) is 36.4 Å². The van der Waals surface area contributed by atoms with Crippen LogP contribution in [0.1, 0.15) is 17.0 Å². The van der Waals surface area contributed by atoms with Crippen LogP contribution in [0.3, 0.4) is 0 Å². The predicted molar refractivity (Wildman–Crippen MR) is 79.2 cm³/mol. The second-order valence-electron chi connectivity index (χ2n) is 4.88. The molecule has 0 N–H and O–H groups in total. The van der Waals surface area contributed by atoms with Crippen LogP contribution in [0.25, 0.3) is 0 Å². The van der Waals surface area contributed by atoms with Gasteiger partial charge in [0.2, 0.25) is 0 Å². The molecule has 0 aromatic heterocycles. The van der Waals surface area contributed by atoms with E-state index in [4.69, 9.17) is 9.47 Å². The smallest absolute Gasteiger partial charge is 0.190 e. The molecule has 1 aliphatic rings.